The molecule has 0 N–H and O–H groups in total. The number of benzene rings is 19. The monoisotopic (exact) mass is 1680 g/mol. The van der Waals surface area contributed by atoms with E-state index in [0.717, 1.165) is 121 Å². The largest absolute Gasteiger partial charge is 0.318 e. The highest BCUT2D eigenvalue weighted by Gasteiger charge is 2.35. The van der Waals surface area contributed by atoms with Crippen LogP contribution in [0.15, 0.2) is 443 Å². The molecule has 0 bridgehead atoms. The van der Waals surface area contributed by atoms with Crippen molar-refractivity contribution in [2.45, 2.75) is 0 Å². The molecular formula is C119H73N13. The first-order chi connectivity index (χ1) is 65.5. The molecule has 614 valence electrons. The van der Waals surface area contributed by atoms with Crippen molar-refractivity contribution in [1.82, 2.24) is 51.5 Å². The number of rotatable bonds is 9. The minimum Gasteiger partial charge on any atom is -0.318 e. The van der Waals surface area contributed by atoms with Crippen LogP contribution in [0, 0.1) is 17.9 Å². The van der Waals surface area contributed by atoms with E-state index in [1.54, 1.807) is 0 Å². The smallest absolute Gasteiger partial charge is 0.240 e. The quantitative estimate of drug-likeness (QED) is 0.134. The SMILES string of the molecule is [C-]#[N+]c1c(-n2c3ccccc3c3ccccc32)c(C#N)c(-n2c3ccccc3c3ccccc32)c(-n2c3ccccc3c3ccccc32)c1-n1c2ccccc2c2ccccc21.c1cc(-n2c3ccccc3c3ccccc32)cc(-n2c3ccccc3c3ccccc32)c1.c1ccc(-c2nc(-n3c4ccccc4c4ccccc43)nc(-n3c4ccccc4c4ccccc43)n2)cc1. The highest BCUT2D eigenvalue weighted by atomic mass is 15.3. The van der Waals surface area contributed by atoms with Crippen LogP contribution in [0.4, 0.5) is 5.69 Å². The molecule has 0 spiro atoms. The zero-order chi connectivity index (χ0) is 87.2. The van der Waals surface area contributed by atoms with Crippen LogP contribution >= 0.6 is 0 Å². The maximum atomic E-state index is 12.1. The molecule has 13 heteroatoms. The van der Waals surface area contributed by atoms with Gasteiger partial charge in [-0.15, -0.1) is 0 Å². The number of hydrogen-bond donors (Lipinski definition) is 0. The molecule has 0 fully saturated rings. The van der Waals surface area contributed by atoms with E-state index in [-0.39, 0.29) is 0 Å². The Bertz CT molecular complexity index is 8910. The Kier molecular flexibility index (Phi) is 17.1. The van der Waals surface area contributed by atoms with Crippen LogP contribution in [0.3, 0.4) is 0 Å². The molecule has 0 atom stereocenters. The summed E-state index contributed by atoms with van der Waals surface area (Å²) in [6.07, 6.45) is 0. The molecule has 0 amide bonds. The van der Waals surface area contributed by atoms with E-state index >= 15 is 0 Å². The van der Waals surface area contributed by atoms with E-state index in [1.807, 2.05) is 42.5 Å². The molecule has 0 saturated heterocycles. The molecule has 0 unspecified atom stereocenters. The Morgan fingerprint density at radius 2 is 0.402 bits per heavy atom. The molecule has 0 aliphatic rings. The van der Waals surface area contributed by atoms with Gasteiger partial charge < -0.3 is 27.4 Å². The summed E-state index contributed by atoms with van der Waals surface area (Å²) in [6.45, 7) is 9.46. The van der Waals surface area contributed by atoms with Gasteiger partial charge in [-0.1, -0.05) is 328 Å². The van der Waals surface area contributed by atoms with Gasteiger partial charge in [0.2, 0.25) is 17.6 Å². The Balaban J connectivity index is 0.000000111. The third kappa shape index (κ3) is 11.3. The van der Waals surface area contributed by atoms with Crippen LogP contribution < -0.4 is 0 Å². The summed E-state index contributed by atoms with van der Waals surface area (Å²) in [5, 5.41) is 30.5. The summed E-state index contributed by atoms with van der Waals surface area (Å²) in [7, 11) is 0. The zero-order valence-electron chi connectivity index (χ0n) is 71.0. The van der Waals surface area contributed by atoms with Gasteiger partial charge >= 0.3 is 0 Å². The molecule has 132 heavy (non-hydrogen) atoms. The van der Waals surface area contributed by atoms with Crippen LogP contribution in [0.1, 0.15) is 5.56 Å². The molecular weight excluding hydrogens is 1610 g/mol. The fourth-order valence-electron chi connectivity index (χ4n) is 21.1. The fourth-order valence-corrected chi connectivity index (χ4v) is 21.1. The number of fused-ring (bicyclic) bond motifs is 24. The molecule has 19 aromatic carbocycles. The summed E-state index contributed by atoms with van der Waals surface area (Å²) in [5.74, 6) is 1.82. The number of aromatic nitrogens is 11. The minimum atomic E-state index is 0.376. The number of hydrogen-bond acceptors (Lipinski definition) is 4. The van der Waals surface area contributed by atoms with Gasteiger partial charge in [0.1, 0.15) is 6.07 Å². The van der Waals surface area contributed by atoms with Crippen molar-refractivity contribution in [3.05, 3.63) is 460 Å². The molecule has 28 rings (SSSR count). The first-order valence-electron chi connectivity index (χ1n) is 44.3. The first kappa shape index (κ1) is 74.9. The van der Waals surface area contributed by atoms with Crippen LogP contribution in [0.25, 0.3) is 237 Å². The van der Waals surface area contributed by atoms with Crippen molar-refractivity contribution in [2.75, 3.05) is 0 Å². The maximum Gasteiger partial charge on any atom is 0.240 e. The molecule has 0 saturated carbocycles. The van der Waals surface area contributed by atoms with Crippen molar-refractivity contribution >= 4 is 180 Å². The number of nitriles is 1. The first-order valence-corrected chi connectivity index (χ1v) is 44.3. The number of nitrogens with zero attached hydrogens (tertiary/aromatic N) is 13. The van der Waals surface area contributed by atoms with Crippen molar-refractivity contribution in [2.24, 2.45) is 0 Å². The van der Waals surface area contributed by atoms with Crippen molar-refractivity contribution < 1.29 is 0 Å². The van der Waals surface area contributed by atoms with Gasteiger partial charge in [-0.05, 0) is 115 Å². The number of para-hydroxylation sites is 16. The van der Waals surface area contributed by atoms with Gasteiger partial charge in [0, 0.05) is 103 Å². The van der Waals surface area contributed by atoms with Gasteiger partial charge in [0.15, 0.2) is 5.82 Å². The van der Waals surface area contributed by atoms with Gasteiger partial charge in [-0.2, -0.15) is 20.2 Å². The lowest BCUT2D eigenvalue weighted by atomic mass is 10.0. The molecule has 13 nitrogen and oxygen atoms in total. The average Bonchev–Trinajstić information content (AvgIpc) is 1.50. The minimum absolute atomic E-state index is 0.376. The van der Waals surface area contributed by atoms with E-state index < -0.39 is 0 Å². The maximum absolute atomic E-state index is 12.1. The summed E-state index contributed by atoms with van der Waals surface area (Å²) < 4.78 is 18.1. The standard InChI is InChI=1S/C56H32N6.C33H21N5.C30H20N2/c1-58-52-53(59-44-26-10-2-18-35(44)36-19-3-11-27-45(36)59)43(34-57)54(60-46-28-12-4-20-37(46)38-21-5-13-29-47(38)60)56(62-50-32-16-8-24-41(50)42-25-9-17-33-51(42)62)55(52)61-48-30-14-6-22-39(48)40-23-7-15-31-49(40)61;1-2-12-22(13-3-1)31-34-32(37-27-18-8-4-14-23(27)24-15-5-9-19-28(24)37)36-33(35-31)38-29-20-10-6-16-25(29)26-17-7-11-21-30(26)38;1-5-16-27-23(12-1)24-13-2-6-17-28(24)31(27)21-10-9-11-22(20-21)32-29-18-7-3-14-25(29)26-15-4-8-19-30(26)32/h2-33H;1-21H;1-20H. The third-order valence-corrected chi connectivity index (χ3v) is 26.5. The zero-order valence-corrected chi connectivity index (χ0v) is 71.0. The van der Waals surface area contributed by atoms with E-state index in [0.29, 0.717) is 46.0 Å². The van der Waals surface area contributed by atoms with Crippen molar-refractivity contribution in [1.29, 1.82) is 5.26 Å². The van der Waals surface area contributed by atoms with Crippen LogP contribution in [0.2, 0.25) is 0 Å². The summed E-state index contributed by atoms with van der Waals surface area (Å²) >= 11 is 0. The van der Waals surface area contributed by atoms with Crippen LogP contribution in [-0.2, 0) is 0 Å². The Morgan fingerprint density at radius 1 is 0.197 bits per heavy atom. The van der Waals surface area contributed by atoms with Crippen LogP contribution in [-0.4, -0.2) is 51.5 Å². The highest BCUT2D eigenvalue weighted by molar-refractivity contribution is 6.19. The normalized spacial score (nSPS) is 11.8. The summed E-state index contributed by atoms with van der Waals surface area (Å²) in [6, 6.07) is 158. The van der Waals surface area contributed by atoms with E-state index in [2.05, 4.69) is 448 Å². The lowest BCUT2D eigenvalue weighted by Gasteiger charge is -2.27. The van der Waals surface area contributed by atoms with Gasteiger partial charge in [0.05, 0.1) is 123 Å². The van der Waals surface area contributed by atoms with E-state index in [1.165, 1.54) is 76.5 Å². The summed E-state index contributed by atoms with van der Waals surface area (Å²) in [4.78, 5) is 19.9. The van der Waals surface area contributed by atoms with Crippen LogP contribution in [0.5, 0.6) is 0 Å². The molecule has 9 heterocycles. The molecule has 0 radical (unpaired) electrons. The lowest BCUT2D eigenvalue weighted by molar-refractivity contribution is 0.893. The predicted octanol–water partition coefficient (Wildman–Crippen LogP) is 30.1. The second kappa shape index (κ2) is 30.2. The lowest BCUT2D eigenvalue weighted by Crippen LogP contribution is -2.14. The molecule has 0 aliphatic carbocycles. The van der Waals surface area contributed by atoms with Crippen molar-refractivity contribution in [3.8, 4) is 63.5 Å². The van der Waals surface area contributed by atoms with E-state index in [4.69, 9.17) is 15.0 Å². The fraction of sp³-hybridized carbons (Fsp3) is 0. The van der Waals surface area contributed by atoms with E-state index in [9.17, 15) is 11.8 Å². The Morgan fingerprint density at radius 3 is 0.644 bits per heavy atom. The average molecular weight is 1680 g/mol. The summed E-state index contributed by atoms with van der Waals surface area (Å²) in [5.41, 5.74) is 23.5. The van der Waals surface area contributed by atoms with Gasteiger partial charge in [0.25, 0.3) is 0 Å². The predicted molar refractivity (Wildman–Crippen MR) is 544 cm³/mol. The van der Waals surface area contributed by atoms with Gasteiger partial charge in [-0.25, -0.2) is 4.85 Å². The second-order valence-corrected chi connectivity index (χ2v) is 33.4. The topological polar surface area (TPSA) is 106 Å². The molecule has 0 aliphatic heterocycles. The Hall–Kier alpha value is -18.4. The highest BCUT2D eigenvalue weighted by Crippen LogP contribution is 2.53. The third-order valence-electron chi connectivity index (χ3n) is 26.5. The second-order valence-electron chi connectivity index (χ2n) is 33.4. The van der Waals surface area contributed by atoms with Gasteiger partial charge in [-0.3, -0.25) is 9.13 Å². The Labute approximate surface area is 755 Å². The molecule has 28 aromatic rings. The van der Waals surface area contributed by atoms with Crippen molar-refractivity contribution in [3.63, 3.8) is 0 Å². The molecule has 9 aromatic heterocycles.